The predicted molar refractivity (Wildman–Crippen MR) is 95.7 cm³/mol. The Bertz CT molecular complexity index is 658. The Morgan fingerprint density at radius 2 is 1.78 bits per heavy atom. The van der Waals surface area contributed by atoms with E-state index in [2.05, 4.69) is 0 Å². The Labute approximate surface area is 159 Å². The molecule has 5 atom stereocenters. The van der Waals surface area contributed by atoms with E-state index in [1.807, 2.05) is 44.2 Å². The van der Waals surface area contributed by atoms with Crippen LogP contribution in [0, 0.1) is 0 Å². The summed E-state index contributed by atoms with van der Waals surface area (Å²) in [6.45, 7) is 8.77. The van der Waals surface area contributed by atoms with Gasteiger partial charge in [0, 0.05) is 6.92 Å². The van der Waals surface area contributed by atoms with Crippen LogP contribution in [0.1, 0.15) is 46.3 Å². The Morgan fingerprint density at radius 1 is 1.11 bits per heavy atom. The monoisotopic (exact) mass is 380 g/mol. The van der Waals surface area contributed by atoms with E-state index in [0.29, 0.717) is 6.61 Å². The summed E-state index contributed by atoms with van der Waals surface area (Å²) in [4.78, 5) is 11.7. The van der Waals surface area contributed by atoms with E-state index >= 15 is 0 Å². The zero-order valence-electron chi connectivity index (χ0n) is 16.4. The van der Waals surface area contributed by atoms with Crippen molar-refractivity contribution in [2.24, 2.45) is 0 Å². The minimum absolute atomic E-state index is 0.293. The van der Waals surface area contributed by atoms with Crippen LogP contribution < -0.4 is 0 Å². The molecule has 150 valence electrons. The fourth-order valence-electron chi connectivity index (χ4n) is 3.57. The first-order valence-corrected chi connectivity index (χ1v) is 9.16. The number of aliphatic hydroxyl groups is 1. The van der Waals surface area contributed by atoms with Gasteiger partial charge in [-0.3, -0.25) is 4.79 Å². The number of esters is 1. The zero-order valence-corrected chi connectivity index (χ0v) is 16.4. The SMILES string of the molecule is CC(=O)O[C@H](c1ccccc1)[C@H]1OC(C)(C)O[C@@H]([C@H]2COC(C)(C)O2)[C@@H]1O. The molecule has 0 radical (unpaired) electrons. The van der Waals surface area contributed by atoms with Gasteiger partial charge in [0.1, 0.15) is 24.4 Å². The third kappa shape index (κ3) is 4.67. The second-order valence-electron chi connectivity index (χ2n) is 7.86. The molecule has 2 aliphatic rings. The van der Waals surface area contributed by atoms with Crippen molar-refractivity contribution in [1.29, 1.82) is 0 Å². The van der Waals surface area contributed by atoms with E-state index < -0.39 is 48.1 Å². The average molecular weight is 380 g/mol. The smallest absolute Gasteiger partial charge is 0.303 e. The first-order chi connectivity index (χ1) is 12.6. The highest BCUT2D eigenvalue weighted by atomic mass is 16.8. The van der Waals surface area contributed by atoms with Crippen LogP contribution in [0.25, 0.3) is 0 Å². The third-order valence-electron chi connectivity index (χ3n) is 4.63. The molecule has 1 aromatic carbocycles. The van der Waals surface area contributed by atoms with Gasteiger partial charge < -0.3 is 28.8 Å². The average Bonchev–Trinajstić information content (AvgIpc) is 2.95. The van der Waals surface area contributed by atoms with Gasteiger partial charge in [-0.2, -0.15) is 0 Å². The van der Waals surface area contributed by atoms with Crippen molar-refractivity contribution in [2.45, 2.75) is 76.7 Å². The molecule has 0 amide bonds. The van der Waals surface area contributed by atoms with Gasteiger partial charge in [-0.15, -0.1) is 0 Å². The molecule has 2 aliphatic heterocycles. The maximum atomic E-state index is 11.7. The molecule has 3 rings (SSSR count). The quantitative estimate of drug-likeness (QED) is 0.803. The lowest BCUT2D eigenvalue weighted by Gasteiger charge is -2.47. The zero-order chi connectivity index (χ0) is 19.8. The Balaban J connectivity index is 1.90. The number of rotatable bonds is 4. The highest BCUT2D eigenvalue weighted by molar-refractivity contribution is 5.66. The first-order valence-electron chi connectivity index (χ1n) is 9.16. The highest BCUT2D eigenvalue weighted by Gasteiger charge is 2.52. The molecule has 0 bridgehead atoms. The van der Waals surface area contributed by atoms with Gasteiger partial charge in [0.2, 0.25) is 0 Å². The molecule has 0 aliphatic carbocycles. The Hall–Kier alpha value is -1.51. The molecular weight excluding hydrogens is 352 g/mol. The molecule has 7 nitrogen and oxygen atoms in total. The molecule has 27 heavy (non-hydrogen) atoms. The Morgan fingerprint density at radius 3 is 2.33 bits per heavy atom. The van der Waals surface area contributed by atoms with Gasteiger partial charge in [-0.05, 0) is 33.3 Å². The van der Waals surface area contributed by atoms with Crippen molar-refractivity contribution in [3.05, 3.63) is 35.9 Å². The van der Waals surface area contributed by atoms with Gasteiger partial charge in [0.25, 0.3) is 0 Å². The van der Waals surface area contributed by atoms with Crippen molar-refractivity contribution < 1.29 is 33.6 Å². The minimum atomic E-state index is -1.08. The number of carbonyl (C=O) groups excluding carboxylic acids is 1. The summed E-state index contributed by atoms with van der Waals surface area (Å²) in [5.41, 5.74) is 0.733. The summed E-state index contributed by atoms with van der Waals surface area (Å²) in [7, 11) is 0. The third-order valence-corrected chi connectivity index (χ3v) is 4.63. The maximum absolute atomic E-state index is 11.7. The van der Waals surface area contributed by atoms with Crippen molar-refractivity contribution in [3.63, 3.8) is 0 Å². The van der Waals surface area contributed by atoms with Crippen LogP contribution >= 0.6 is 0 Å². The van der Waals surface area contributed by atoms with Crippen molar-refractivity contribution in [1.82, 2.24) is 0 Å². The molecule has 2 saturated heterocycles. The summed E-state index contributed by atoms with van der Waals surface area (Å²) in [5, 5.41) is 11.1. The Kier molecular flexibility index (Phi) is 5.61. The van der Waals surface area contributed by atoms with Crippen LogP contribution in [0.15, 0.2) is 30.3 Å². The maximum Gasteiger partial charge on any atom is 0.303 e. The minimum Gasteiger partial charge on any atom is -0.455 e. The van der Waals surface area contributed by atoms with E-state index in [0.717, 1.165) is 5.56 Å². The van der Waals surface area contributed by atoms with Crippen LogP contribution in [-0.4, -0.2) is 53.7 Å². The fourth-order valence-corrected chi connectivity index (χ4v) is 3.57. The van der Waals surface area contributed by atoms with Crippen LogP contribution in [-0.2, 0) is 28.5 Å². The van der Waals surface area contributed by atoms with Gasteiger partial charge in [0.15, 0.2) is 17.7 Å². The second-order valence-corrected chi connectivity index (χ2v) is 7.86. The summed E-state index contributed by atoms with van der Waals surface area (Å²) in [6.07, 6.45) is -3.83. The lowest BCUT2D eigenvalue weighted by molar-refractivity contribution is -0.359. The first kappa shape index (κ1) is 20.2. The topological polar surface area (TPSA) is 83.5 Å². The summed E-state index contributed by atoms with van der Waals surface area (Å²) in [5.74, 6) is -2.21. The van der Waals surface area contributed by atoms with Crippen molar-refractivity contribution in [2.75, 3.05) is 6.61 Å². The van der Waals surface area contributed by atoms with Crippen LogP contribution in [0.2, 0.25) is 0 Å². The molecular formula is C20H28O7. The number of hydrogen-bond donors (Lipinski definition) is 1. The molecule has 7 heteroatoms. The molecule has 0 spiro atoms. The molecule has 0 saturated carbocycles. The van der Waals surface area contributed by atoms with E-state index in [9.17, 15) is 9.90 Å². The van der Waals surface area contributed by atoms with Gasteiger partial charge in [-0.1, -0.05) is 30.3 Å². The van der Waals surface area contributed by atoms with Crippen molar-refractivity contribution >= 4 is 5.97 Å². The second kappa shape index (κ2) is 7.48. The summed E-state index contributed by atoms with van der Waals surface area (Å²) in [6, 6.07) is 9.22. The lowest BCUT2D eigenvalue weighted by atomic mass is 9.93. The molecule has 1 aromatic rings. The van der Waals surface area contributed by atoms with Gasteiger partial charge in [-0.25, -0.2) is 0 Å². The molecule has 2 heterocycles. The summed E-state index contributed by atoms with van der Waals surface area (Å²) < 4.78 is 29.0. The molecule has 0 aromatic heterocycles. The number of ether oxygens (including phenoxy) is 5. The van der Waals surface area contributed by atoms with Crippen LogP contribution in [0.3, 0.4) is 0 Å². The van der Waals surface area contributed by atoms with Crippen molar-refractivity contribution in [3.8, 4) is 0 Å². The largest absolute Gasteiger partial charge is 0.455 e. The number of aliphatic hydroxyl groups excluding tert-OH is 1. The highest BCUT2D eigenvalue weighted by Crippen LogP contribution is 2.39. The predicted octanol–water partition coefficient (Wildman–Crippen LogP) is 2.32. The molecule has 2 fully saturated rings. The number of carbonyl (C=O) groups is 1. The van der Waals surface area contributed by atoms with Gasteiger partial charge >= 0.3 is 5.97 Å². The van der Waals surface area contributed by atoms with Gasteiger partial charge in [0.05, 0.1) is 6.61 Å². The number of benzene rings is 1. The molecule has 1 N–H and O–H groups in total. The van der Waals surface area contributed by atoms with E-state index in [-0.39, 0.29) is 0 Å². The van der Waals surface area contributed by atoms with E-state index in [1.54, 1.807) is 13.8 Å². The van der Waals surface area contributed by atoms with E-state index in [1.165, 1.54) is 6.92 Å². The van der Waals surface area contributed by atoms with E-state index in [4.69, 9.17) is 23.7 Å². The van der Waals surface area contributed by atoms with Crippen LogP contribution in [0.5, 0.6) is 0 Å². The van der Waals surface area contributed by atoms with Crippen LogP contribution in [0.4, 0.5) is 0 Å². The normalized spacial score (nSPS) is 33.4. The fraction of sp³-hybridized carbons (Fsp3) is 0.650. The lowest BCUT2D eigenvalue weighted by Crippen LogP contribution is -2.60. The standard InChI is InChI=1S/C20H28O7/c1-12(21)24-16(13-9-7-6-8-10-13)18-15(22)17(26-20(4,5)27-18)14-11-23-19(2,3)25-14/h6-10,14-18,22H,11H2,1-5H3/t14-,15+,16-,17+,18+/m1/s1. The number of hydrogen-bond acceptors (Lipinski definition) is 7. The molecule has 0 unspecified atom stereocenters. The summed E-state index contributed by atoms with van der Waals surface area (Å²) >= 11 is 0.